The molecule has 0 aromatic carbocycles. The molecule has 0 rings (SSSR count). The van der Waals surface area contributed by atoms with E-state index in [1.165, 1.54) is 48.5 Å². The first-order chi connectivity index (χ1) is 12.5. The molecule has 10 heteroatoms. The number of carbonyl (C=O) groups excluding carboxylic acids is 3. The first kappa shape index (κ1) is 25.2. The summed E-state index contributed by atoms with van der Waals surface area (Å²) in [6, 6.07) is -1.24. The molecule has 6 N–H and O–H groups in total. The fourth-order valence-corrected chi connectivity index (χ4v) is 1.67. The number of hydrogen-bond acceptors (Lipinski definition) is 6. The second-order valence-corrected chi connectivity index (χ2v) is 7.91. The highest BCUT2D eigenvalue weighted by Gasteiger charge is 2.37. The molecule has 1 atom stereocenters. The van der Waals surface area contributed by atoms with Gasteiger partial charge in [-0.2, -0.15) is 0 Å². The molecule has 3 amide bonds. The Kier molecular flexibility index (Phi) is 8.47. The molecular formula is C18H30N4O6. The Morgan fingerprint density at radius 2 is 1.54 bits per heavy atom. The van der Waals surface area contributed by atoms with Crippen molar-refractivity contribution >= 4 is 23.7 Å². The van der Waals surface area contributed by atoms with Gasteiger partial charge in [0.05, 0.1) is 5.54 Å². The Bertz CT molecular complexity index is 682. The van der Waals surface area contributed by atoms with Crippen molar-refractivity contribution in [2.45, 2.75) is 71.1 Å². The van der Waals surface area contributed by atoms with Gasteiger partial charge in [0.15, 0.2) is 0 Å². The number of hydrogen-bond donors (Lipinski definition) is 5. The molecule has 0 radical (unpaired) electrons. The highest BCUT2D eigenvalue weighted by molar-refractivity contribution is 5.97. The van der Waals surface area contributed by atoms with Crippen LogP contribution in [0.3, 0.4) is 0 Å². The van der Waals surface area contributed by atoms with Crippen LogP contribution in [-0.4, -0.2) is 58.1 Å². The molecule has 0 spiro atoms. The zero-order valence-electron chi connectivity index (χ0n) is 17.4. The minimum atomic E-state index is -1.57. The average molecular weight is 398 g/mol. The summed E-state index contributed by atoms with van der Waals surface area (Å²) < 4.78 is 5.00. The van der Waals surface area contributed by atoms with Crippen LogP contribution in [0, 0.1) is 12.0 Å². The first-order valence-electron chi connectivity index (χ1n) is 8.56. The third-order valence-corrected chi connectivity index (χ3v) is 3.60. The van der Waals surface area contributed by atoms with E-state index in [1.54, 1.807) is 0 Å². The SMILES string of the molecule is CC#COC[C@H](NC(=O)C(C)(C)NC(=O)C(C)(C)N)C(=O)NC(C)(C)C(=O)O. The molecule has 0 aromatic rings. The lowest BCUT2D eigenvalue weighted by Gasteiger charge is -2.31. The molecule has 0 aromatic heterocycles. The van der Waals surface area contributed by atoms with Gasteiger partial charge < -0.3 is 31.5 Å². The summed E-state index contributed by atoms with van der Waals surface area (Å²) in [7, 11) is 0. The van der Waals surface area contributed by atoms with Gasteiger partial charge in [0.1, 0.15) is 29.8 Å². The summed E-state index contributed by atoms with van der Waals surface area (Å²) >= 11 is 0. The third-order valence-electron chi connectivity index (χ3n) is 3.60. The zero-order valence-corrected chi connectivity index (χ0v) is 17.4. The average Bonchev–Trinajstić information content (AvgIpc) is 2.51. The number of nitrogens with two attached hydrogens (primary N) is 1. The quantitative estimate of drug-likeness (QED) is 0.314. The molecule has 0 bridgehead atoms. The number of carboxylic acids is 1. The van der Waals surface area contributed by atoms with Gasteiger partial charge in [-0.3, -0.25) is 14.4 Å². The largest absolute Gasteiger partial charge is 0.480 e. The number of aliphatic carboxylic acids is 1. The van der Waals surface area contributed by atoms with Crippen LogP contribution in [-0.2, 0) is 23.9 Å². The van der Waals surface area contributed by atoms with E-state index in [2.05, 4.69) is 28.0 Å². The van der Waals surface area contributed by atoms with Crippen LogP contribution < -0.4 is 21.7 Å². The van der Waals surface area contributed by atoms with Gasteiger partial charge in [0.2, 0.25) is 17.7 Å². The predicted octanol–water partition coefficient (Wildman–Crippen LogP) is -0.920. The number of nitrogens with one attached hydrogen (secondary N) is 3. The van der Waals surface area contributed by atoms with Crippen molar-refractivity contribution in [1.29, 1.82) is 0 Å². The number of carboxylic acid groups (broad SMARTS) is 1. The summed E-state index contributed by atoms with van der Waals surface area (Å²) in [6.07, 6.45) is 2.30. The molecular weight excluding hydrogens is 368 g/mol. The molecule has 0 aliphatic heterocycles. The maximum absolute atomic E-state index is 12.6. The molecule has 0 aliphatic carbocycles. The Labute approximate surface area is 164 Å². The second-order valence-electron chi connectivity index (χ2n) is 7.91. The molecule has 0 aliphatic rings. The van der Waals surface area contributed by atoms with E-state index in [4.69, 9.17) is 15.6 Å². The molecule has 0 heterocycles. The Hall–Kier alpha value is -2.80. The Morgan fingerprint density at radius 1 is 1.00 bits per heavy atom. The lowest BCUT2D eigenvalue weighted by atomic mass is 9.99. The third kappa shape index (κ3) is 7.84. The van der Waals surface area contributed by atoms with Crippen LogP contribution in [0.5, 0.6) is 0 Å². The van der Waals surface area contributed by atoms with Gasteiger partial charge in [0, 0.05) is 6.92 Å². The van der Waals surface area contributed by atoms with Crippen molar-refractivity contribution in [3.63, 3.8) is 0 Å². The Morgan fingerprint density at radius 3 is 1.96 bits per heavy atom. The summed E-state index contributed by atoms with van der Waals surface area (Å²) in [5, 5.41) is 16.4. The van der Waals surface area contributed by atoms with Gasteiger partial charge in [0.25, 0.3) is 0 Å². The molecule has 0 unspecified atom stereocenters. The number of rotatable bonds is 9. The van der Waals surface area contributed by atoms with Gasteiger partial charge >= 0.3 is 5.97 Å². The first-order valence-corrected chi connectivity index (χ1v) is 8.56. The van der Waals surface area contributed by atoms with Gasteiger partial charge in [-0.1, -0.05) is 5.92 Å². The fraction of sp³-hybridized carbons (Fsp3) is 0.667. The van der Waals surface area contributed by atoms with E-state index in [-0.39, 0.29) is 6.61 Å². The lowest BCUT2D eigenvalue weighted by molar-refractivity contribution is -0.146. The van der Waals surface area contributed by atoms with Gasteiger partial charge in [-0.05, 0) is 41.5 Å². The normalized spacial score (nSPS) is 12.7. The molecule has 0 saturated carbocycles. The zero-order chi connectivity index (χ0) is 22.3. The van der Waals surface area contributed by atoms with Crippen molar-refractivity contribution in [2.24, 2.45) is 5.73 Å². The van der Waals surface area contributed by atoms with Crippen LogP contribution >= 0.6 is 0 Å². The fourth-order valence-electron chi connectivity index (χ4n) is 1.67. The van der Waals surface area contributed by atoms with Crippen LogP contribution in [0.15, 0.2) is 0 Å². The standard InChI is InChI=1S/C18H30N4O6/c1-8-9-28-10-11(12(23)21-18(6,7)15(26)27)20-14(25)17(4,5)22-13(24)16(2,3)19/h11H,10,19H2,1-7H3,(H,20,25)(H,21,23)(H,22,24)(H,26,27)/t11-/m0/s1. The smallest absolute Gasteiger partial charge is 0.328 e. The maximum Gasteiger partial charge on any atom is 0.328 e. The number of amides is 3. The van der Waals surface area contributed by atoms with E-state index >= 15 is 0 Å². The van der Waals surface area contributed by atoms with E-state index in [0.717, 1.165) is 0 Å². The van der Waals surface area contributed by atoms with Crippen molar-refractivity contribution in [2.75, 3.05) is 6.61 Å². The molecule has 158 valence electrons. The van der Waals surface area contributed by atoms with Crippen molar-refractivity contribution in [3.05, 3.63) is 0 Å². The van der Waals surface area contributed by atoms with Crippen molar-refractivity contribution < 1.29 is 29.0 Å². The van der Waals surface area contributed by atoms with Gasteiger partial charge in [-0.15, -0.1) is 0 Å². The van der Waals surface area contributed by atoms with Gasteiger partial charge in [-0.25, -0.2) is 4.79 Å². The maximum atomic E-state index is 12.6. The van der Waals surface area contributed by atoms with Crippen LogP contribution in [0.1, 0.15) is 48.5 Å². The monoisotopic (exact) mass is 398 g/mol. The van der Waals surface area contributed by atoms with E-state index < -0.39 is 46.3 Å². The second kappa shape index (κ2) is 9.41. The van der Waals surface area contributed by atoms with Crippen molar-refractivity contribution in [1.82, 2.24) is 16.0 Å². The minimum absolute atomic E-state index is 0.319. The summed E-state index contributed by atoms with van der Waals surface area (Å²) in [5.74, 6) is -0.806. The van der Waals surface area contributed by atoms with Crippen LogP contribution in [0.25, 0.3) is 0 Å². The molecule has 0 fully saturated rings. The highest BCUT2D eigenvalue weighted by Crippen LogP contribution is 2.08. The van der Waals surface area contributed by atoms with E-state index in [1.807, 2.05) is 0 Å². The Balaban J connectivity index is 5.38. The van der Waals surface area contributed by atoms with Crippen LogP contribution in [0.2, 0.25) is 0 Å². The summed E-state index contributed by atoms with van der Waals surface area (Å²) in [6.45, 7) is 9.65. The summed E-state index contributed by atoms with van der Waals surface area (Å²) in [5.41, 5.74) is 1.54. The van der Waals surface area contributed by atoms with Crippen molar-refractivity contribution in [3.8, 4) is 12.0 Å². The summed E-state index contributed by atoms with van der Waals surface area (Å²) in [4.78, 5) is 48.4. The molecule has 0 saturated heterocycles. The predicted molar refractivity (Wildman–Crippen MR) is 102 cm³/mol. The van der Waals surface area contributed by atoms with Crippen LogP contribution in [0.4, 0.5) is 0 Å². The topological polar surface area (TPSA) is 160 Å². The minimum Gasteiger partial charge on any atom is -0.480 e. The molecule has 10 nitrogen and oxygen atoms in total. The lowest BCUT2D eigenvalue weighted by Crippen LogP contribution is -2.64. The van der Waals surface area contributed by atoms with E-state index in [0.29, 0.717) is 0 Å². The highest BCUT2D eigenvalue weighted by atomic mass is 16.5. The molecule has 28 heavy (non-hydrogen) atoms. The number of carbonyl (C=O) groups is 4. The van der Waals surface area contributed by atoms with E-state index in [9.17, 15) is 19.2 Å². The number of ether oxygens (including phenoxy) is 1.